The number of rotatable bonds is 7. The predicted octanol–water partition coefficient (Wildman–Crippen LogP) is 1.25. The van der Waals surface area contributed by atoms with Crippen LogP contribution >= 0.6 is 0 Å². The van der Waals surface area contributed by atoms with E-state index in [-0.39, 0.29) is 18.2 Å². The number of hydrogen-bond acceptors (Lipinski definition) is 4. The maximum Gasteiger partial charge on any atom is 0.101 e. The molecule has 0 aliphatic rings. The fourth-order valence-electron chi connectivity index (χ4n) is 1.75. The molecular formula is C12H23N3O2. The van der Waals surface area contributed by atoms with Gasteiger partial charge >= 0.3 is 0 Å². The number of hydrogen-bond donors (Lipinski definition) is 1. The van der Waals surface area contributed by atoms with Gasteiger partial charge in [0.05, 0.1) is 18.9 Å². The van der Waals surface area contributed by atoms with Crippen molar-refractivity contribution in [1.29, 1.82) is 0 Å². The first-order chi connectivity index (χ1) is 8.08. The molecule has 5 nitrogen and oxygen atoms in total. The highest BCUT2D eigenvalue weighted by molar-refractivity contribution is 5.10. The summed E-state index contributed by atoms with van der Waals surface area (Å²) in [6, 6.07) is -0.0292. The summed E-state index contributed by atoms with van der Waals surface area (Å²) >= 11 is 0. The van der Waals surface area contributed by atoms with Crippen molar-refractivity contribution < 1.29 is 9.47 Å². The lowest BCUT2D eigenvalue weighted by atomic mass is 10.0. The summed E-state index contributed by atoms with van der Waals surface area (Å²) < 4.78 is 12.8. The van der Waals surface area contributed by atoms with Gasteiger partial charge in [-0.3, -0.25) is 4.68 Å². The number of nitrogens with zero attached hydrogens (tertiary/aromatic N) is 2. The molecule has 5 heteroatoms. The van der Waals surface area contributed by atoms with Gasteiger partial charge in [0, 0.05) is 32.0 Å². The Morgan fingerprint density at radius 3 is 2.71 bits per heavy atom. The molecule has 0 bridgehead atoms. The fourth-order valence-corrected chi connectivity index (χ4v) is 1.75. The highest BCUT2D eigenvalue weighted by Crippen LogP contribution is 2.23. The van der Waals surface area contributed by atoms with Crippen LogP contribution in [0.25, 0.3) is 0 Å². The fraction of sp³-hybridized carbons (Fsp3) is 0.750. The first-order valence-electron chi connectivity index (χ1n) is 5.97. The Morgan fingerprint density at radius 1 is 1.53 bits per heavy atom. The van der Waals surface area contributed by atoms with Crippen LogP contribution < -0.4 is 5.73 Å². The largest absolute Gasteiger partial charge is 0.382 e. The number of nitrogens with two attached hydrogens (primary N) is 1. The van der Waals surface area contributed by atoms with E-state index < -0.39 is 0 Å². The van der Waals surface area contributed by atoms with Crippen LogP contribution in [-0.2, 0) is 16.5 Å². The van der Waals surface area contributed by atoms with Crippen molar-refractivity contribution in [3.8, 4) is 0 Å². The van der Waals surface area contributed by atoms with E-state index in [2.05, 4.69) is 12.0 Å². The monoisotopic (exact) mass is 241 g/mol. The third-order valence-electron chi connectivity index (χ3n) is 2.69. The van der Waals surface area contributed by atoms with Crippen molar-refractivity contribution in [3.05, 3.63) is 18.0 Å². The van der Waals surface area contributed by atoms with Gasteiger partial charge in [-0.05, 0) is 13.3 Å². The molecule has 1 aromatic rings. The van der Waals surface area contributed by atoms with Crippen LogP contribution in [0.2, 0.25) is 0 Å². The standard InChI is InChI=1S/C12H23N3O2/c1-5-11(13)12(17-9(2)8-16-4)10-6-14-15(3)7-10/h6-7,9,11-12H,5,8,13H2,1-4H3. The Labute approximate surface area is 103 Å². The van der Waals surface area contributed by atoms with E-state index in [1.54, 1.807) is 18.0 Å². The second-order valence-corrected chi connectivity index (χ2v) is 4.34. The van der Waals surface area contributed by atoms with Crippen LogP contribution in [0, 0.1) is 0 Å². The zero-order valence-corrected chi connectivity index (χ0v) is 11.1. The van der Waals surface area contributed by atoms with Gasteiger partial charge in [-0.15, -0.1) is 0 Å². The molecule has 0 fully saturated rings. The zero-order valence-electron chi connectivity index (χ0n) is 11.1. The topological polar surface area (TPSA) is 62.3 Å². The van der Waals surface area contributed by atoms with Gasteiger partial charge < -0.3 is 15.2 Å². The Morgan fingerprint density at radius 2 is 2.24 bits per heavy atom. The van der Waals surface area contributed by atoms with Crippen LogP contribution in [0.1, 0.15) is 31.9 Å². The number of aryl methyl sites for hydroxylation is 1. The highest BCUT2D eigenvalue weighted by atomic mass is 16.5. The average Bonchev–Trinajstić information content (AvgIpc) is 2.72. The molecule has 17 heavy (non-hydrogen) atoms. The summed E-state index contributed by atoms with van der Waals surface area (Å²) in [6.45, 7) is 4.60. The molecule has 98 valence electrons. The van der Waals surface area contributed by atoms with Crippen molar-refractivity contribution in [2.75, 3.05) is 13.7 Å². The Balaban J connectivity index is 2.74. The SMILES string of the molecule is CCC(N)C(OC(C)COC)c1cnn(C)c1. The maximum absolute atomic E-state index is 6.10. The normalized spacial score (nSPS) is 16.8. The first-order valence-corrected chi connectivity index (χ1v) is 5.97. The molecule has 0 aliphatic heterocycles. The van der Waals surface area contributed by atoms with Crippen molar-refractivity contribution >= 4 is 0 Å². The second-order valence-electron chi connectivity index (χ2n) is 4.34. The second kappa shape index (κ2) is 6.74. The molecule has 0 radical (unpaired) electrons. The predicted molar refractivity (Wildman–Crippen MR) is 66.6 cm³/mol. The summed E-state index contributed by atoms with van der Waals surface area (Å²) in [5.74, 6) is 0. The maximum atomic E-state index is 6.10. The summed E-state index contributed by atoms with van der Waals surface area (Å²) in [5, 5.41) is 4.16. The molecular weight excluding hydrogens is 218 g/mol. The van der Waals surface area contributed by atoms with Crippen molar-refractivity contribution in [2.24, 2.45) is 12.8 Å². The van der Waals surface area contributed by atoms with Crippen molar-refractivity contribution in [3.63, 3.8) is 0 Å². The first kappa shape index (κ1) is 14.2. The smallest absolute Gasteiger partial charge is 0.101 e. The molecule has 1 heterocycles. The summed E-state index contributed by atoms with van der Waals surface area (Å²) in [6.07, 6.45) is 4.50. The van der Waals surface area contributed by atoms with Crippen LogP contribution in [-0.4, -0.2) is 35.6 Å². The van der Waals surface area contributed by atoms with Gasteiger partial charge in [0.1, 0.15) is 6.10 Å². The van der Waals surface area contributed by atoms with Gasteiger partial charge in [0.2, 0.25) is 0 Å². The minimum atomic E-state index is -0.126. The molecule has 1 rings (SSSR count). The van der Waals surface area contributed by atoms with Crippen LogP contribution in [0.3, 0.4) is 0 Å². The van der Waals surface area contributed by atoms with E-state index in [4.69, 9.17) is 15.2 Å². The highest BCUT2D eigenvalue weighted by Gasteiger charge is 2.23. The van der Waals surface area contributed by atoms with E-state index >= 15 is 0 Å². The van der Waals surface area contributed by atoms with E-state index in [0.717, 1.165) is 12.0 Å². The van der Waals surface area contributed by atoms with Gasteiger partial charge in [-0.25, -0.2) is 0 Å². The van der Waals surface area contributed by atoms with Gasteiger partial charge in [-0.2, -0.15) is 5.10 Å². The summed E-state index contributed by atoms with van der Waals surface area (Å²) in [7, 11) is 3.55. The third-order valence-corrected chi connectivity index (χ3v) is 2.69. The van der Waals surface area contributed by atoms with E-state index in [0.29, 0.717) is 6.61 Å². The zero-order chi connectivity index (χ0) is 12.8. The average molecular weight is 241 g/mol. The minimum absolute atomic E-state index is 0.0165. The van der Waals surface area contributed by atoms with Crippen LogP contribution in [0.15, 0.2) is 12.4 Å². The lowest BCUT2D eigenvalue weighted by molar-refractivity contribution is -0.0507. The lowest BCUT2D eigenvalue weighted by Crippen LogP contribution is -2.32. The van der Waals surface area contributed by atoms with Gasteiger partial charge in [0.15, 0.2) is 0 Å². The molecule has 0 saturated heterocycles. The Bertz CT molecular complexity index is 327. The van der Waals surface area contributed by atoms with Gasteiger partial charge in [0.25, 0.3) is 0 Å². The number of aromatic nitrogens is 2. The molecule has 2 N–H and O–H groups in total. The molecule has 0 saturated carbocycles. The molecule has 3 unspecified atom stereocenters. The van der Waals surface area contributed by atoms with Crippen LogP contribution in [0.5, 0.6) is 0 Å². The number of ether oxygens (including phenoxy) is 2. The molecule has 1 aromatic heterocycles. The quantitative estimate of drug-likeness (QED) is 0.780. The minimum Gasteiger partial charge on any atom is -0.382 e. The molecule has 0 spiro atoms. The van der Waals surface area contributed by atoms with E-state index in [9.17, 15) is 0 Å². The summed E-state index contributed by atoms with van der Waals surface area (Å²) in [4.78, 5) is 0. The Hall–Kier alpha value is -0.910. The molecule has 3 atom stereocenters. The molecule has 0 aromatic carbocycles. The Kier molecular flexibility index (Phi) is 5.61. The summed E-state index contributed by atoms with van der Waals surface area (Å²) in [5.41, 5.74) is 7.12. The van der Waals surface area contributed by atoms with E-state index in [1.807, 2.05) is 20.2 Å². The van der Waals surface area contributed by atoms with Crippen molar-refractivity contribution in [2.45, 2.75) is 38.5 Å². The third kappa shape index (κ3) is 4.11. The van der Waals surface area contributed by atoms with Crippen LogP contribution in [0.4, 0.5) is 0 Å². The lowest BCUT2D eigenvalue weighted by Gasteiger charge is -2.25. The molecule has 0 amide bonds. The number of methoxy groups -OCH3 is 1. The van der Waals surface area contributed by atoms with Gasteiger partial charge in [-0.1, -0.05) is 6.92 Å². The van der Waals surface area contributed by atoms with E-state index in [1.165, 1.54) is 0 Å². The van der Waals surface area contributed by atoms with Crippen molar-refractivity contribution in [1.82, 2.24) is 9.78 Å². The molecule has 0 aliphatic carbocycles.